The van der Waals surface area contributed by atoms with Gasteiger partial charge in [-0.05, 0) is 50.2 Å². The smallest absolute Gasteiger partial charge is 0.292 e. The molecule has 2 amide bonds. The summed E-state index contributed by atoms with van der Waals surface area (Å²) in [6.07, 6.45) is 3.01. The highest BCUT2D eigenvalue weighted by molar-refractivity contribution is 7.91. The van der Waals surface area contributed by atoms with E-state index in [1.165, 1.54) is 11.3 Å². The molecule has 9 heteroatoms. The first-order chi connectivity index (χ1) is 15.7. The summed E-state index contributed by atoms with van der Waals surface area (Å²) in [5.41, 5.74) is 2.82. The fraction of sp³-hybridized carbons (Fsp3) is 0.417. The van der Waals surface area contributed by atoms with Crippen molar-refractivity contribution in [1.82, 2.24) is 5.32 Å². The number of para-hydroxylation sites is 1. The van der Waals surface area contributed by atoms with Crippen LogP contribution in [0.25, 0.3) is 11.0 Å². The van der Waals surface area contributed by atoms with Crippen molar-refractivity contribution in [3.63, 3.8) is 0 Å². The molecule has 33 heavy (non-hydrogen) atoms. The second kappa shape index (κ2) is 8.29. The Balaban J connectivity index is 1.47. The fourth-order valence-corrected chi connectivity index (χ4v) is 7.87. The van der Waals surface area contributed by atoms with Gasteiger partial charge in [-0.3, -0.25) is 9.59 Å². The molecule has 174 valence electrons. The summed E-state index contributed by atoms with van der Waals surface area (Å²) >= 11 is 1.43. The van der Waals surface area contributed by atoms with Crippen molar-refractivity contribution in [2.24, 2.45) is 5.92 Å². The number of fused-ring (bicyclic) bond motifs is 2. The van der Waals surface area contributed by atoms with Crippen molar-refractivity contribution >= 4 is 49.0 Å². The number of sulfone groups is 1. The summed E-state index contributed by atoms with van der Waals surface area (Å²) < 4.78 is 29.5. The van der Waals surface area contributed by atoms with Crippen LogP contribution >= 0.6 is 11.3 Å². The fourth-order valence-electron chi connectivity index (χ4n) is 4.80. The lowest BCUT2D eigenvalue weighted by molar-refractivity contribution is 0.0941. The molecule has 1 saturated heterocycles. The van der Waals surface area contributed by atoms with Crippen LogP contribution in [-0.4, -0.2) is 37.8 Å². The van der Waals surface area contributed by atoms with Gasteiger partial charge in [-0.1, -0.05) is 25.1 Å². The number of hydrogen-bond acceptors (Lipinski definition) is 6. The molecule has 0 bridgehead atoms. The summed E-state index contributed by atoms with van der Waals surface area (Å²) in [4.78, 5) is 27.6. The number of anilines is 1. The van der Waals surface area contributed by atoms with Gasteiger partial charge in [0.05, 0.1) is 17.1 Å². The van der Waals surface area contributed by atoms with Crippen molar-refractivity contribution in [2.45, 2.75) is 45.6 Å². The number of hydrogen-bond donors (Lipinski definition) is 2. The standard InChI is InChI=1S/C24H26N2O5S2/c1-13-7-8-17-19(11-13)32-24(20(17)22(27)25-15-9-10-33(29,30)12-15)26-23(28)21-14(2)16-5-3-4-6-18(16)31-21/h3-6,13,15H,7-12H2,1-2H3,(H,25,27)(H,26,28)/t13-,15+/m1/s1. The van der Waals surface area contributed by atoms with E-state index in [1.807, 2.05) is 31.2 Å². The monoisotopic (exact) mass is 486 g/mol. The lowest BCUT2D eigenvalue weighted by Gasteiger charge is -2.19. The van der Waals surface area contributed by atoms with Gasteiger partial charge < -0.3 is 15.1 Å². The Morgan fingerprint density at radius 2 is 1.94 bits per heavy atom. The van der Waals surface area contributed by atoms with E-state index < -0.39 is 21.8 Å². The van der Waals surface area contributed by atoms with Gasteiger partial charge in [-0.2, -0.15) is 0 Å². The maximum atomic E-state index is 13.3. The quantitative estimate of drug-likeness (QED) is 0.578. The SMILES string of the molecule is Cc1c(C(=O)Nc2sc3c(c2C(=O)N[C@H]2CCS(=O)(=O)C2)CC[C@@H](C)C3)oc2ccccc12. The lowest BCUT2D eigenvalue weighted by atomic mass is 9.88. The van der Waals surface area contributed by atoms with Crippen LogP contribution in [0.1, 0.15) is 56.7 Å². The number of furan rings is 1. The minimum atomic E-state index is -3.11. The Morgan fingerprint density at radius 3 is 2.67 bits per heavy atom. The Kier molecular flexibility index (Phi) is 5.56. The highest BCUT2D eigenvalue weighted by atomic mass is 32.2. The van der Waals surface area contributed by atoms with Crippen LogP contribution in [-0.2, 0) is 22.7 Å². The first-order valence-corrected chi connectivity index (χ1v) is 13.8. The minimum absolute atomic E-state index is 0.0397. The van der Waals surface area contributed by atoms with E-state index in [4.69, 9.17) is 4.42 Å². The maximum Gasteiger partial charge on any atom is 0.292 e. The van der Waals surface area contributed by atoms with Crippen LogP contribution in [0.2, 0.25) is 0 Å². The van der Waals surface area contributed by atoms with Gasteiger partial charge in [0.15, 0.2) is 15.6 Å². The first kappa shape index (κ1) is 22.2. The van der Waals surface area contributed by atoms with Crippen molar-refractivity contribution < 1.29 is 22.4 Å². The Bertz CT molecular complexity index is 1370. The molecule has 1 aromatic carbocycles. The molecule has 2 aromatic heterocycles. The minimum Gasteiger partial charge on any atom is -0.451 e. The summed E-state index contributed by atoms with van der Waals surface area (Å²) in [6, 6.07) is 7.07. The van der Waals surface area contributed by atoms with Gasteiger partial charge >= 0.3 is 0 Å². The number of rotatable bonds is 4. The van der Waals surface area contributed by atoms with Gasteiger partial charge in [0.25, 0.3) is 11.8 Å². The Labute approximate surface area is 196 Å². The highest BCUT2D eigenvalue weighted by Crippen LogP contribution is 2.40. The normalized spacial score (nSPS) is 21.6. The van der Waals surface area contributed by atoms with Gasteiger partial charge in [0.2, 0.25) is 0 Å². The van der Waals surface area contributed by atoms with Gasteiger partial charge in [-0.15, -0.1) is 11.3 Å². The summed E-state index contributed by atoms with van der Waals surface area (Å²) in [7, 11) is -3.11. The summed E-state index contributed by atoms with van der Waals surface area (Å²) in [6.45, 7) is 4.03. The van der Waals surface area contributed by atoms with Crippen LogP contribution in [0.4, 0.5) is 5.00 Å². The van der Waals surface area contributed by atoms with E-state index in [1.54, 1.807) is 0 Å². The molecule has 2 N–H and O–H groups in total. The van der Waals surface area contributed by atoms with Crippen LogP contribution in [0.15, 0.2) is 28.7 Å². The predicted octanol–water partition coefficient (Wildman–Crippen LogP) is 4.10. The predicted molar refractivity (Wildman–Crippen MR) is 129 cm³/mol. The third kappa shape index (κ3) is 4.19. The molecule has 5 rings (SSSR count). The van der Waals surface area contributed by atoms with E-state index in [-0.39, 0.29) is 23.2 Å². The molecule has 1 aliphatic heterocycles. The third-order valence-electron chi connectivity index (χ3n) is 6.58. The van der Waals surface area contributed by atoms with Crippen LogP contribution in [0, 0.1) is 12.8 Å². The van der Waals surface area contributed by atoms with Crippen LogP contribution in [0.5, 0.6) is 0 Å². The molecule has 2 atom stereocenters. The molecule has 2 aliphatic rings. The molecule has 1 fully saturated rings. The molecular formula is C24H26N2O5S2. The van der Waals surface area contributed by atoms with E-state index in [9.17, 15) is 18.0 Å². The van der Waals surface area contributed by atoms with Gasteiger partial charge in [-0.25, -0.2) is 8.42 Å². The average Bonchev–Trinajstić information content (AvgIpc) is 3.40. The molecule has 0 unspecified atom stereocenters. The van der Waals surface area contributed by atoms with Crippen molar-refractivity contribution in [3.8, 4) is 0 Å². The molecule has 3 aromatic rings. The number of nitrogens with one attached hydrogen (secondary N) is 2. The van der Waals surface area contributed by atoms with E-state index >= 15 is 0 Å². The van der Waals surface area contributed by atoms with Crippen LogP contribution in [0.3, 0.4) is 0 Å². The largest absolute Gasteiger partial charge is 0.451 e. The van der Waals surface area contributed by atoms with Gasteiger partial charge in [0, 0.05) is 21.9 Å². The molecular weight excluding hydrogens is 460 g/mol. The maximum absolute atomic E-state index is 13.3. The summed E-state index contributed by atoms with van der Waals surface area (Å²) in [5.74, 6) is 0.0692. The number of carbonyl (C=O) groups excluding carboxylic acids is 2. The number of amides is 2. The van der Waals surface area contributed by atoms with Gasteiger partial charge in [0.1, 0.15) is 10.6 Å². The lowest BCUT2D eigenvalue weighted by Crippen LogP contribution is -2.36. The molecule has 0 saturated carbocycles. The van der Waals surface area contributed by atoms with E-state index in [2.05, 4.69) is 17.6 Å². The third-order valence-corrected chi connectivity index (χ3v) is 9.52. The van der Waals surface area contributed by atoms with Crippen molar-refractivity contribution in [1.29, 1.82) is 0 Å². The second-order valence-electron chi connectivity index (χ2n) is 9.14. The average molecular weight is 487 g/mol. The number of thiophene rings is 1. The van der Waals surface area contributed by atoms with Crippen LogP contribution < -0.4 is 10.6 Å². The van der Waals surface area contributed by atoms with E-state index in [0.717, 1.165) is 40.7 Å². The second-order valence-corrected chi connectivity index (χ2v) is 12.5. The molecule has 0 spiro atoms. The molecule has 1 aliphatic carbocycles. The Hall–Kier alpha value is -2.65. The van der Waals surface area contributed by atoms with Crippen molar-refractivity contribution in [2.75, 3.05) is 16.8 Å². The molecule has 7 nitrogen and oxygen atoms in total. The number of carbonyl (C=O) groups is 2. The van der Waals surface area contributed by atoms with Crippen molar-refractivity contribution in [3.05, 3.63) is 51.6 Å². The zero-order chi connectivity index (χ0) is 23.3. The molecule has 3 heterocycles. The zero-order valence-corrected chi connectivity index (χ0v) is 20.2. The zero-order valence-electron chi connectivity index (χ0n) is 18.6. The highest BCUT2D eigenvalue weighted by Gasteiger charge is 2.33. The first-order valence-electron chi connectivity index (χ1n) is 11.2. The van der Waals surface area contributed by atoms with E-state index in [0.29, 0.717) is 28.5 Å². The topological polar surface area (TPSA) is 105 Å². The molecule has 0 radical (unpaired) electrons. The Morgan fingerprint density at radius 1 is 1.15 bits per heavy atom. The summed E-state index contributed by atoms with van der Waals surface area (Å²) in [5, 5.41) is 7.20. The number of aryl methyl sites for hydroxylation is 1. The number of benzene rings is 1.